The lowest BCUT2D eigenvalue weighted by Crippen LogP contribution is -2.31. The summed E-state index contributed by atoms with van der Waals surface area (Å²) in [6.45, 7) is 0. The second-order valence-corrected chi connectivity index (χ2v) is 3.67. The van der Waals surface area contributed by atoms with Crippen LogP contribution < -0.4 is 16.4 Å². The van der Waals surface area contributed by atoms with E-state index in [1.165, 1.54) is 12.1 Å². The van der Waals surface area contributed by atoms with Gasteiger partial charge in [0, 0.05) is 17.8 Å². The number of carbonyl (C=O) groups excluding carboxylic acids is 1. The molecular formula is C13H12N3O2. The van der Waals surface area contributed by atoms with E-state index in [1.54, 1.807) is 30.3 Å². The van der Waals surface area contributed by atoms with Crippen molar-refractivity contribution in [3.8, 4) is 5.75 Å². The predicted molar refractivity (Wildman–Crippen MR) is 69.5 cm³/mol. The SMILES string of the molecule is NC(=O)N(c1[c]cccc1)c1ccc(N)cc1O. The lowest BCUT2D eigenvalue weighted by Gasteiger charge is -2.21. The van der Waals surface area contributed by atoms with Crippen molar-refractivity contribution in [1.82, 2.24) is 0 Å². The van der Waals surface area contributed by atoms with E-state index in [-0.39, 0.29) is 11.4 Å². The van der Waals surface area contributed by atoms with Crippen molar-refractivity contribution in [3.05, 3.63) is 48.5 Å². The summed E-state index contributed by atoms with van der Waals surface area (Å²) in [5.41, 5.74) is 12.0. The van der Waals surface area contributed by atoms with Crippen LogP contribution in [0.3, 0.4) is 0 Å². The maximum absolute atomic E-state index is 11.5. The maximum atomic E-state index is 11.5. The standard InChI is InChI=1S/C13H12N3O2/c14-9-6-7-11(12(17)8-9)16(13(15)18)10-4-2-1-3-5-10/h1-4,6-8,17H,14H2,(H2,15,18). The molecule has 0 aromatic heterocycles. The number of hydrogen-bond acceptors (Lipinski definition) is 3. The number of para-hydroxylation sites is 1. The number of rotatable bonds is 2. The minimum Gasteiger partial charge on any atom is -0.506 e. The Hall–Kier alpha value is -2.69. The van der Waals surface area contributed by atoms with Gasteiger partial charge in [-0.1, -0.05) is 18.2 Å². The van der Waals surface area contributed by atoms with Crippen LogP contribution in [0.1, 0.15) is 0 Å². The molecule has 0 bridgehead atoms. The van der Waals surface area contributed by atoms with Crippen molar-refractivity contribution >= 4 is 23.1 Å². The van der Waals surface area contributed by atoms with Gasteiger partial charge in [0.2, 0.25) is 0 Å². The molecule has 5 N–H and O–H groups in total. The summed E-state index contributed by atoms with van der Waals surface area (Å²) in [6, 6.07) is 13.5. The predicted octanol–water partition coefficient (Wildman–Crippen LogP) is 1.99. The van der Waals surface area contributed by atoms with Gasteiger partial charge in [0.1, 0.15) is 5.75 Å². The van der Waals surface area contributed by atoms with Crippen LogP contribution in [0.25, 0.3) is 0 Å². The van der Waals surface area contributed by atoms with E-state index in [1.807, 2.05) is 0 Å². The Morgan fingerprint density at radius 3 is 2.61 bits per heavy atom. The molecule has 2 aromatic carbocycles. The highest BCUT2D eigenvalue weighted by Crippen LogP contribution is 2.33. The van der Waals surface area contributed by atoms with E-state index in [9.17, 15) is 9.90 Å². The van der Waals surface area contributed by atoms with Gasteiger partial charge in [0.25, 0.3) is 0 Å². The summed E-state index contributed by atoms with van der Waals surface area (Å²) < 4.78 is 0. The average molecular weight is 242 g/mol. The fourth-order valence-corrected chi connectivity index (χ4v) is 1.62. The first-order chi connectivity index (χ1) is 8.59. The Morgan fingerprint density at radius 1 is 1.28 bits per heavy atom. The smallest absolute Gasteiger partial charge is 0.324 e. The number of urea groups is 1. The Labute approximate surface area is 104 Å². The monoisotopic (exact) mass is 242 g/mol. The molecule has 0 aliphatic rings. The van der Waals surface area contributed by atoms with Gasteiger partial charge in [-0.3, -0.25) is 4.90 Å². The van der Waals surface area contributed by atoms with Crippen LogP contribution in [0.4, 0.5) is 21.9 Å². The van der Waals surface area contributed by atoms with Crippen molar-refractivity contribution in [3.63, 3.8) is 0 Å². The molecule has 91 valence electrons. The highest BCUT2D eigenvalue weighted by Gasteiger charge is 2.18. The summed E-state index contributed by atoms with van der Waals surface area (Å²) in [5, 5.41) is 9.83. The zero-order valence-corrected chi connectivity index (χ0v) is 9.50. The molecule has 0 saturated heterocycles. The normalized spacial score (nSPS) is 10.0. The van der Waals surface area contributed by atoms with Crippen molar-refractivity contribution in [1.29, 1.82) is 0 Å². The van der Waals surface area contributed by atoms with Crippen LogP contribution in [0.5, 0.6) is 5.75 Å². The molecule has 0 aliphatic heterocycles. The largest absolute Gasteiger partial charge is 0.506 e. The minimum absolute atomic E-state index is 0.119. The van der Waals surface area contributed by atoms with Gasteiger partial charge in [0.05, 0.1) is 11.4 Å². The molecule has 0 fully saturated rings. The van der Waals surface area contributed by atoms with Gasteiger partial charge < -0.3 is 16.6 Å². The van der Waals surface area contributed by atoms with Crippen LogP contribution in [0, 0.1) is 6.07 Å². The van der Waals surface area contributed by atoms with E-state index in [0.29, 0.717) is 11.4 Å². The molecule has 18 heavy (non-hydrogen) atoms. The first-order valence-electron chi connectivity index (χ1n) is 5.24. The van der Waals surface area contributed by atoms with Crippen LogP contribution in [-0.2, 0) is 0 Å². The molecule has 0 heterocycles. The fourth-order valence-electron chi connectivity index (χ4n) is 1.62. The van der Waals surface area contributed by atoms with E-state index < -0.39 is 6.03 Å². The zero-order chi connectivity index (χ0) is 13.1. The van der Waals surface area contributed by atoms with Crippen LogP contribution in [-0.4, -0.2) is 11.1 Å². The number of nitrogens with zero attached hydrogens (tertiary/aromatic N) is 1. The first kappa shape index (κ1) is 11.8. The molecule has 2 rings (SSSR count). The van der Waals surface area contributed by atoms with E-state index in [0.717, 1.165) is 4.90 Å². The number of nitrogen functional groups attached to an aromatic ring is 1. The zero-order valence-electron chi connectivity index (χ0n) is 9.50. The first-order valence-corrected chi connectivity index (χ1v) is 5.24. The van der Waals surface area contributed by atoms with Gasteiger partial charge in [-0.05, 0) is 18.2 Å². The number of amides is 2. The van der Waals surface area contributed by atoms with Crippen LogP contribution in [0.15, 0.2) is 42.5 Å². The molecule has 5 heteroatoms. The lowest BCUT2D eigenvalue weighted by molar-refractivity contribution is 0.256. The summed E-state index contributed by atoms with van der Waals surface area (Å²) in [4.78, 5) is 12.7. The molecular weight excluding hydrogens is 230 g/mol. The Balaban J connectivity index is 2.52. The van der Waals surface area contributed by atoms with E-state index in [2.05, 4.69) is 6.07 Å². The quantitative estimate of drug-likeness (QED) is 0.703. The van der Waals surface area contributed by atoms with Crippen molar-refractivity contribution in [2.45, 2.75) is 0 Å². The second kappa shape index (κ2) is 4.67. The van der Waals surface area contributed by atoms with Gasteiger partial charge in [-0.25, -0.2) is 4.79 Å². The van der Waals surface area contributed by atoms with Crippen molar-refractivity contribution in [2.75, 3.05) is 10.6 Å². The van der Waals surface area contributed by atoms with Crippen molar-refractivity contribution < 1.29 is 9.90 Å². The van der Waals surface area contributed by atoms with Gasteiger partial charge in [0.15, 0.2) is 0 Å². The maximum Gasteiger partial charge on any atom is 0.324 e. The van der Waals surface area contributed by atoms with Crippen LogP contribution >= 0.6 is 0 Å². The van der Waals surface area contributed by atoms with Gasteiger partial charge in [-0.15, -0.1) is 0 Å². The molecule has 5 nitrogen and oxygen atoms in total. The second-order valence-electron chi connectivity index (χ2n) is 3.67. The molecule has 2 aromatic rings. The summed E-state index contributed by atoms with van der Waals surface area (Å²) >= 11 is 0. The summed E-state index contributed by atoms with van der Waals surface area (Å²) in [5.74, 6) is -0.119. The highest BCUT2D eigenvalue weighted by molar-refractivity contribution is 5.99. The van der Waals surface area contributed by atoms with E-state index in [4.69, 9.17) is 11.5 Å². The molecule has 0 unspecified atom stereocenters. The summed E-state index contributed by atoms with van der Waals surface area (Å²) in [7, 11) is 0. The number of phenolic OH excluding ortho intramolecular Hbond substituents is 1. The third-order valence-corrected chi connectivity index (χ3v) is 2.39. The molecule has 0 saturated carbocycles. The number of phenols is 1. The Bertz CT molecular complexity index is 570. The highest BCUT2D eigenvalue weighted by atomic mass is 16.3. The number of anilines is 3. The van der Waals surface area contributed by atoms with Crippen molar-refractivity contribution in [2.24, 2.45) is 5.73 Å². The third kappa shape index (κ3) is 2.20. The third-order valence-electron chi connectivity index (χ3n) is 2.39. The minimum atomic E-state index is -0.711. The lowest BCUT2D eigenvalue weighted by atomic mass is 10.2. The number of carbonyl (C=O) groups is 1. The number of benzene rings is 2. The fraction of sp³-hybridized carbons (Fsp3) is 0. The molecule has 0 atom stereocenters. The molecule has 0 aliphatic carbocycles. The van der Waals surface area contributed by atoms with Crippen LogP contribution in [0.2, 0.25) is 0 Å². The molecule has 1 radical (unpaired) electrons. The van der Waals surface area contributed by atoms with E-state index >= 15 is 0 Å². The number of nitrogens with two attached hydrogens (primary N) is 2. The Morgan fingerprint density at radius 2 is 2.06 bits per heavy atom. The molecule has 2 amide bonds. The van der Waals surface area contributed by atoms with Gasteiger partial charge >= 0.3 is 6.03 Å². The number of hydrogen-bond donors (Lipinski definition) is 3. The average Bonchev–Trinajstić information content (AvgIpc) is 2.33. The summed E-state index contributed by atoms with van der Waals surface area (Å²) in [6.07, 6.45) is 0. The number of primary amides is 1. The Kier molecular flexibility index (Phi) is 3.05. The topological polar surface area (TPSA) is 92.6 Å². The van der Waals surface area contributed by atoms with Gasteiger partial charge in [-0.2, -0.15) is 0 Å². The number of aromatic hydroxyl groups is 1. The molecule has 0 spiro atoms.